The lowest BCUT2D eigenvalue weighted by atomic mass is 10.2. The zero-order chi connectivity index (χ0) is 16.1. The number of hydrogen-bond acceptors (Lipinski definition) is 4. The standard InChI is InChI=1S/C16H14ClN5O/c17-14-7-8-15(21-20-14)19-16(23)9-6-12-10-18-22(11-12)13-4-2-1-3-5-13/h1-5,7-8,10-11H,6,9H2,(H,19,21,23). The van der Waals surface area contributed by atoms with Crippen LogP contribution in [0.15, 0.2) is 54.9 Å². The highest BCUT2D eigenvalue weighted by Crippen LogP contribution is 2.10. The molecule has 7 heteroatoms. The number of para-hydroxylation sites is 1. The van der Waals surface area contributed by atoms with E-state index >= 15 is 0 Å². The first-order chi connectivity index (χ1) is 11.2. The van der Waals surface area contributed by atoms with Crippen molar-refractivity contribution in [2.75, 3.05) is 5.32 Å². The Hall–Kier alpha value is -2.73. The molecule has 0 radical (unpaired) electrons. The predicted octanol–water partition coefficient (Wildman–Crippen LogP) is 2.89. The molecule has 1 aromatic carbocycles. The summed E-state index contributed by atoms with van der Waals surface area (Å²) >= 11 is 5.65. The van der Waals surface area contributed by atoms with Gasteiger partial charge in [0.2, 0.25) is 5.91 Å². The van der Waals surface area contributed by atoms with Gasteiger partial charge in [0.1, 0.15) is 0 Å². The number of benzene rings is 1. The van der Waals surface area contributed by atoms with Gasteiger partial charge in [-0.1, -0.05) is 29.8 Å². The normalized spacial score (nSPS) is 10.5. The fourth-order valence-corrected chi connectivity index (χ4v) is 2.16. The highest BCUT2D eigenvalue weighted by molar-refractivity contribution is 6.29. The van der Waals surface area contributed by atoms with E-state index in [-0.39, 0.29) is 11.1 Å². The Balaban J connectivity index is 1.55. The Morgan fingerprint density at radius 3 is 2.70 bits per heavy atom. The molecule has 1 N–H and O–H groups in total. The second kappa shape index (κ2) is 7.02. The lowest BCUT2D eigenvalue weighted by Gasteiger charge is -2.02. The van der Waals surface area contributed by atoms with E-state index in [9.17, 15) is 4.79 Å². The summed E-state index contributed by atoms with van der Waals surface area (Å²) in [7, 11) is 0. The second-order valence-corrected chi connectivity index (χ2v) is 5.31. The van der Waals surface area contributed by atoms with Crippen LogP contribution in [0.1, 0.15) is 12.0 Å². The Morgan fingerprint density at radius 1 is 1.13 bits per heavy atom. The molecule has 0 atom stereocenters. The average molecular weight is 328 g/mol. The van der Waals surface area contributed by atoms with Crippen LogP contribution >= 0.6 is 11.6 Å². The number of amides is 1. The molecular weight excluding hydrogens is 314 g/mol. The van der Waals surface area contributed by atoms with E-state index in [0.717, 1.165) is 11.3 Å². The molecule has 3 rings (SSSR count). The molecule has 1 amide bonds. The van der Waals surface area contributed by atoms with E-state index in [4.69, 9.17) is 11.6 Å². The van der Waals surface area contributed by atoms with Crippen molar-refractivity contribution < 1.29 is 4.79 Å². The summed E-state index contributed by atoms with van der Waals surface area (Å²) < 4.78 is 1.79. The van der Waals surface area contributed by atoms with Crippen molar-refractivity contribution in [2.24, 2.45) is 0 Å². The molecule has 0 saturated carbocycles. The van der Waals surface area contributed by atoms with Gasteiger partial charge in [0.05, 0.1) is 11.9 Å². The number of aromatic nitrogens is 4. The zero-order valence-corrected chi connectivity index (χ0v) is 12.9. The molecule has 0 spiro atoms. The highest BCUT2D eigenvalue weighted by atomic mass is 35.5. The maximum Gasteiger partial charge on any atom is 0.225 e. The van der Waals surface area contributed by atoms with Crippen LogP contribution in [0.4, 0.5) is 5.82 Å². The molecule has 0 saturated heterocycles. The number of anilines is 1. The number of nitrogens with zero attached hydrogens (tertiary/aromatic N) is 4. The number of hydrogen-bond donors (Lipinski definition) is 1. The van der Waals surface area contributed by atoms with E-state index < -0.39 is 0 Å². The highest BCUT2D eigenvalue weighted by Gasteiger charge is 2.06. The topological polar surface area (TPSA) is 72.7 Å². The number of aryl methyl sites for hydroxylation is 1. The van der Waals surface area contributed by atoms with Crippen molar-refractivity contribution in [3.63, 3.8) is 0 Å². The molecule has 0 unspecified atom stereocenters. The van der Waals surface area contributed by atoms with Crippen LogP contribution in [0.3, 0.4) is 0 Å². The SMILES string of the molecule is O=C(CCc1cnn(-c2ccccc2)c1)Nc1ccc(Cl)nn1. The van der Waals surface area contributed by atoms with Crippen LogP contribution in [0.5, 0.6) is 0 Å². The summed E-state index contributed by atoms with van der Waals surface area (Å²) in [5, 5.41) is 14.7. The molecule has 0 aliphatic carbocycles. The minimum Gasteiger partial charge on any atom is -0.309 e. The lowest BCUT2D eigenvalue weighted by Crippen LogP contribution is -2.13. The third-order valence-corrected chi connectivity index (χ3v) is 3.40. The summed E-state index contributed by atoms with van der Waals surface area (Å²) in [6, 6.07) is 13.0. The average Bonchev–Trinajstić information content (AvgIpc) is 3.05. The van der Waals surface area contributed by atoms with Gasteiger partial charge in [-0.05, 0) is 36.2 Å². The number of nitrogens with one attached hydrogen (secondary N) is 1. The minimum absolute atomic E-state index is 0.130. The Morgan fingerprint density at radius 2 is 1.96 bits per heavy atom. The fourth-order valence-electron chi connectivity index (χ4n) is 2.06. The molecule has 0 aliphatic heterocycles. The maximum absolute atomic E-state index is 11.9. The van der Waals surface area contributed by atoms with E-state index in [0.29, 0.717) is 18.7 Å². The molecule has 6 nitrogen and oxygen atoms in total. The molecule has 23 heavy (non-hydrogen) atoms. The first-order valence-electron chi connectivity index (χ1n) is 7.09. The van der Waals surface area contributed by atoms with Gasteiger partial charge in [-0.25, -0.2) is 4.68 Å². The van der Waals surface area contributed by atoms with Crippen LogP contribution in [0.25, 0.3) is 5.69 Å². The van der Waals surface area contributed by atoms with Crippen LogP contribution in [-0.4, -0.2) is 25.9 Å². The summed E-state index contributed by atoms with van der Waals surface area (Å²) in [5.74, 6) is 0.258. The largest absolute Gasteiger partial charge is 0.309 e. The molecule has 3 aromatic rings. The minimum atomic E-state index is -0.130. The van der Waals surface area contributed by atoms with Gasteiger partial charge in [0.15, 0.2) is 11.0 Å². The van der Waals surface area contributed by atoms with Gasteiger partial charge in [0, 0.05) is 12.6 Å². The van der Waals surface area contributed by atoms with Crippen molar-refractivity contribution >= 4 is 23.3 Å². The lowest BCUT2D eigenvalue weighted by molar-refractivity contribution is -0.116. The summed E-state index contributed by atoms with van der Waals surface area (Å²) in [6.45, 7) is 0. The maximum atomic E-state index is 11.9. The third-order valence-electron chi connectivity index (χ3n) is 3.20. The van der Waals surface area contributed by atoms with E-state index in [1.54, 1.807) is 23.0 Å². The first kappa shape index (κ1) is 15.2. The summed E-state index contributed by atoms with van der Waals surface area (Å²) in [4.78, 5) is 11.9. The molecular formula is C16H14ClN5O. The molecule has 0 fully saturated rings. The van der Waals surface area contributed by atoms with Crippen LogP contribution < -0.4 is 5.32 Å². The van der Waals surface area contributed by atoms with Crippen molar-refractivity contribution in [2.45, 2.75) is 12.8 Å². The molecule has 2 aromatic heterocycles. The molecule has 2 heterocycles. The number of rotatable bonds is 5. The van der Waals surface area contributed by atoms with E-state index in [2.05, 4.69) is 20.6 Å². The smallest absolute Gasteiger partial charge is 0.225 e. The number of carbonyl (C=O) groups excluding carboxylic acids is 1. The van der Waals surface area contributed by atoms with Gasteiger partial charge < -0.3 is 5.32 Å². The van der Waals surface area contributed by atoms with Crippen molar-refractivity contribution in [1.82, 2.24) is 20.0 Å². The zero-order valence-electron chi connectivity index (χ0n) is 12.2. The van der Waals surface area contributed by atoms with Crippen molar-refractivity contribution in [3.05, 3.63) is 65.6 Å². The Kier molecular flexibility index (Phi) is 4.63. The predicted molar refractivity (Wildman–Crippen MR) is 87.6 cm³/mol. The quantitative estimate of drug-likeness (QED) is 0.782. The number of carbonyl (C=O) groups is 1. The Bertz CT molecular complexity index is 786. The summed E-state index contributed by atoms with van der Waals surface area (Å²) in [6.07, 6.45) is 4.62. The van der Waals surface area contributed by atoms with E-state index in [1.807, 2.05) is 36.5 Å². The molecule has 0 bridgehead atoms. The Labute approximate surface area is 138 Å². The van der Waals surface area contributed by atoms with Crippen LogP contribution in [0, 0.1) is 0 Å². The molecule has 0 aliphatic rings. The first-order valence-corrected chi connectivity index (χ1v) is 7.46. The fraction of sp³-hybridized carbons (Fsp3) is 0.125. The van der Waals surface area contributed by atoms with Gasteiger partial charge >= 0.3 is 0 Å². The van der Waals surface area contributed by atoms with Crippen LogP contribution in [-0.2, 0) is 11.2 Å². The monoisotopic (exact) mass is 327 g/mol. The number of halogens is 1. The van der Waals surface area contributed by atoms with Gasteiger partial charge in [-0.15, -0.1) is 10.2 Å². The van der Waals surface area contributed by atoms with Gasteiger partial charge in [-0.3, -0.25) is 4.79 Å². The van der Waals surface area contributed by atoms with Gasteiger partial charge in [0.25, 0.3) is 0 Å². The van der Waals surface area contributed by atoms with Gasteiger partial charge in [-0.2, -0.15) is 5.10 Å². The van der Waals surface area contributed by atoms with Crippen LogP contribution in [0.2, 0.25) is 5.15 Å². The molecule has 116 valence electrons. The van der Waals surface area contributed by atoms with Crippen molar-refractivity contribution in [1.29, 1.82) is 0 Å². The van der Waals surface area contributed by atoms with Crippen molar-refractivity contribution in [3.8, 4) is 5.69 Å². The van der Waals surface area contributed by atoms with E-state index in [1.165, 1.54) is 0 Å². The summed E-state index contributed by atoms with van der Waals surface area (Å²) in [5.41, 5.74) is 1.98. The third kappa shape index (κ3) is 4.14. The second-order valence-electron chi connectivity index (χ2n) is 4.92.